The molecule has 0 saturated heterocycles. The van der Waals surface area contributed by atoms with Gasteiger partial charge in [-0.2, -0.15) is 17.6 Å². The number of halogens is 4. The van der Waals surface area contributed by atoms with Gasteiger partial charge in [0.1, 0.15) is 6.10 Å². The molecule has 1 nitrogen and oxygen atoms in total. The van der Waals surface area contributed by atoms with Gasteiger partial charge in [0.05, 0.1) is 0 Å². The van der Waals surface area contributed by atoms with Gasteiger partial charge in [0.15, 0.2) is 0 Å². The highest BCUT2D eigenvalue weighted by Crippen LogP contribution is 2.39. The lowest BCUT2D eigenvalue weighted by atomic mass is 10.00. The Kier molecular flexibility index (Phi) is 6.00. The predicted octanol–water partition coefficient (Wildman–Crippen LogP) is 3.77. The second kappa shape index (κ2) is 6.23. The number of alkyl halides is 4. The minimum Gasteiger partial charge on any atom is -0.387 e. The van der Waals surface area contributed by atoms with Crippen molar-refractivity contribution in [2.75, 3.05) is 0 Å². The first-order valence-electron chi connectivity index (χ1n) is 5.37. The van der Waals surface area contributed by atoms with Crippen LogP contribution in [0.5, 0.6) is 0 Å². The van der Waals surface area contributed by atoms with Crippen molar-refractivity contribution in [3.63, 3.8) is 0 Å². The summed E-state index contributed by atoms with van der Waals surface area (Å²) in [7, 11) is 0. The maximum atomic E-state index is 13.0. The lowest BCUT2D eigenvalue weighted by Gasteiger charge is -2.28. The van der Waals surface area contributed by atoms with Crippen molar-refractivity contribution in [2.24, 2.45) is 0 Å². The van der Waals surface area contributed by atoms with Crippen molar-refractivity contribution in [1.29, 1.82) is 0 Å². The zero-order chi connectivity index (χ0) is 12.8. The zero-order valence-corrected chi connectivity index (χ0v) is 9.36. The van der Waals surface area contributed by atoms with Crippen LogP contribution in [0.25, 0.3) is 0 Å². The molecule has 0 radical (unpaired) electrons. The number of hydrogen-bond acceptors (Lipinski definition) is 1. The van der Waals surface area contributed by atoms with Crippen molar-refractivity contribution in [3.05, 3.63) is 12.7 Å². The smallest absolute Gasteiger partial charge is 0.339 e. The van der Waals surface area contributed by atoms with Gasteiger partial charge in [-0.05, 0) is 12.5 Å². The molecule has 0 aromatic carbocycles. The van der Waals surface area contributed by atoms with Crippen LogP contribution in [0.4, 0.5) is 17.6 Å². The summed E-state index contributed by atoms with van der Waals surface area (Å²) in [6.07, 6.45) is -0.0389. The maximum absolute atomic E-state index is 13.0. The molecule has 0 aliphatic carbocycles. The summed E-state index contributed by atoms with van der Waals surface area (Å²) in [6, 6.07) is 0. The van der Waals surface area contributed by atoms with Crippen LogP contribution in [0.3, 0.4) is 0 Å². The molecule has 1 unspecified atom stereocenters. The van der Waals surface area contributed by atoms with Gasteiger partial charge in [-0.15, -0.1) is 0 Å². The molecule has 0 rings (SSSR count). The van der Waals surface area contributed by atoms with Crippen LogP contribution in [0.15, 0.2) is 12.7 Å². The van der Waals surface area contributed by atoms with Crippen LogP contribution < -0.4 is 0 Å². The molecule has 0 aromatic heterocycles. The summed E-state index contributed by atoms with van der Waals surface area (Å²) >= 11 is 0. The summed E-state index contributed by atoms with van der Waals surface area (Å²) < 4.78 is 51.5. The van der Waals surface area contributed by atoms with Crippen LogP contribution in [0, 0.1) is 0 Å². The molecule has 0 saturated carbocycles. The summed E-state index contributed by atoms with van der Waals surface area (Å²) in [5.41, 5.74) is 0. The summed E-state index contributed by atoms with van der Waals surface area (Å²) in [6.45, 7) is 4.59. The highest BCUT2D eigenvalue weighted by Gasteiger charge is 2.58. The van der Waals surface area contributed by atoms with Crippen LogP contribution in [0.2, 0.25) is 0 Å². The number of aliphatic hydroxyl groups is 1. The highest BCUT2D eigenvalue weighted by atomic mass is 19.3. The Hall–Kier alpha value is -0.580. The first-order valence-corrected chi connectivity index (χ1v) is 5.37. The second-order valence-electron chi connectivity index (χ2n) is 3.82. The van der Waals surface area contributed by atoms with E-state index >= 15 is 0 Å². The van der Waals surface area contributed by atoms with Gasteiger partial charge in [0.2, 0.25) is 0 Å². The van der Waals surface area contributed by atoms with E-state index in [0.29, 0.717) is 12.8 Å². The van der Waals surface area contributed by atoms with Crippen LogP contribution in [0.1, 0.15) is 39.0 Å². The fourth-order valence-electron chi connectivity index (χ4n) is 1.30. The molecule has 0 heterocycles. The van der Waals surface area contributed by atoms with Crippen molar-refractivity contribution >= 4 is 0 Å². The largest absolute Gasteiger partial charge is 0.387 e. The number of allylic oxidation sites excluding steroid dienone is 1. The van der Waals surface area contributed by atoms with E-state index in [1.165, 1.54) is 0 Å². The Bertz CT molecular complexity index is 216. The first-order chi connectivity index (χ1) is 7.29. The summed E-state index contributed by atoms with van der Waals surface area (Å²) in [4.78, 5) is 0. The molecule has 96 valence electrons. The Morgan fingerprint density at radius 1 is 1.19 bits per heavy atom. The van der Waals surface area contributed by atoms with Gasteiger partial charge in [-0.3, -0.25) is 0 Å². The molecule has 1 N–H and O–H groups in total. The van der Waals surface area contributed by atoms with Gasteiger partial charge >= 0.3 is 11.8 Å². The standard InChI is InChI=1S/C11H18F4O/c1-3-5-6-7-8-9(16)11(14,15)10(12,13)4-2/h4,9,16H,2-3,5-8H2,1H3. The van der Waals surface area contributed by atoms with Gasteiger partial charge < -0.3 is 5.11 Å². The average molecular weight is 242 g/mol. The minimum atomic E-state index is -4.44. The van der Waals surface area contributed by atoms with Crippen molar-refractivity contribution in [3.8, 4) is 0 Å². The van der Waals surface area contributed by atoms with E-state index in [1.807, 2.05) is 6.92 Å². The van der Waals surface area contributed by atoms with Crippen LogP contribution in [-0.2, 0) is 0 Å². The monoisotopic (exact) mass is 242 g/mol. The molecule has 0 bridgehead atoms. The van der Waals surface area contributed by atoms with Gasteiger partial charge in [-0.1, -0.05) is 39.2 Å². The molecule has 5 heteroatoms. The summed E-state index contributed by atoms with van der Waals surface area (Å²) in [5, 5.41) is 9.07. The molecule has 0 amide bonds. The van der Waals surface area contributed by atoms with Crippen LogP contribution in [-0.4, -0.2) is 23.1 Å². The molecular weight excluding hydrogens is 224 g/mol. The van der Waals surface area contributed by atoms with E-state index in [2.05, 4.69) is 6.58 Å². The number of hydrogen-bond donors (Lipinski definition) is 1. The highest BCUT2D eigenvalue weighted by molar-refractivity contribution is 5.01. The fraction of sp³-hybridized carbons (Fsp3) is 0.818. The average Bonchev–Trinajstić information content (AvgIpc) is 2.23. The predicted molar refractivity (Wildman–Crippen MR) is 54.9 cm³/mol. The molecule has 0 fully saturated rings. The minimum absolute atomic E-state index is 0.123. The number of unbranched alkanes of at least 4 members (excludes halogenated alkanes) is 3. The number of rotatable bonds is 8. The fourth-order valence-corrected chi connectivity index (χ4v) is 1.30. The summed E-state index contributed by atoms with van der Waals surface area (Å²) in [5.74, 6) is -8.81. The molecule has 0 aliphatic rings. The third-order valence-corrected chi connectivity index (χ3v) is 2.45. The topological polar surface area (TPSA) is 20.2 Å². The Morgan fingerprint density at radius 3 is 2.19 bits per heavy atom. The van der Waals surface area contributed by atoms with Crippen molar-refractivity contribution in [1.82, 2.24) is 0 Å². The van der Waals surface area contributed by atoms with E-state index in [9.17, 15) is 17.6 Å². The number of aliphatic hydroxyl groups excluding tert-OH is 1. The molecule has 0 aliphatic heterocycles. The third kappa shape index (κ3) is 3.77. The zero-order valence-electron chi connectivity index (χ0n) is 9.36. The first kappa shape index (κ1) is 15.4. The van der Waals surface area contributed by atoms with E-state index in [4.69, 9.17) is 5.11 Å². The van der Waals surface area contributed by atoms with Gasteiger partial charge in [-0.25, -0.2) is 0 Å². The van der Waals surface area contributed by atoms with E-state index in [0.717, 1.165) is 12.8 Å². The van der Waals surface area contributed by atoms with Crippen LogP contribution >= 0.6 is 0 Å². The molecule has 1 atom stereocenters. The van der Waals surface area contributed by atoms with Gasteiger partial charge in [0, 0.05) is 0 Å². The normalized spacial score (nSPS) is 14.9. The van der Waals surface area contributed by atoms with Crippen molar-refractivity contribution in [2.45, 2.75) is 57.0 Å². The molecule has 0 spiro atoms. The molecule has 0 aromatic rings. The lowest BCUT2D eigenvalue weighted by molar-refractivity contribution is -0.231. The Labute approximate surface area is 93.2 Å². The van der Waals surface area contributed by atoms with Crippen molar-refractivity contribution < 1.29 is 22.7 Å². The van der Waals surface area contributed by atoms with E-state index in [1.54, 1.807) is 0 Å². The Balaban J connectivity index is 4.24. The van der Waals surface area contributed by atoms with Gasteiger partial charge in [0.25, 0.3) is 0 Å². The second-order valence-corrected chi connectivity index (χ2v) is 3.82. The third-order valence-electron chi connectivity index (χ3n) is 2.45. The molecule has 16 heavy (non-hydrogen) atoms. The maximum Gasteiger partial charge on any atom is 0.339 e. The van der Waals surface area contributed by atoms with E-state index < -0.39 is 17.9 Å². The Morgan fingerprint density at radius 2 is 1.75 bits per heavy atom. The quantitative estimate of drug-likeness (QED) is 0.390. The lowest BCUT2D eigenvalue weighted by Crippen LogP contribution is -2.48. The molecular formula is C11H18F4O. The van der Waals surface area contributed by atoms with E-state index in [-0.39, 0.29) is 12.5 Å². The SMILES string of the molecule is C=CC(F)(F)C(F)(F)C(O)CCCCCC.